The van der Waals surface area contributed by atoms with Crippen LogP contribution in [0.5, 0.6) is 5.75 Å². The standard InChI is InChI=1S/C17H25N3O3/c1-22-15-8-6-7-14(13-15)16(21)19-17(23-2)18-9-12-20-10-4-3-5-11-20/h6-8,13H,3-5,9-12H2,1-2H3,(H,18,19,21). The minimum absolute atomic E-state index is 0.245. The number of carbonyl (C=O) groups is 1. The van der Waals surface area contributed by atoms with Crippen molar-refractivity contribution in [1.29, 1.82) is 0 Å². The zero-order valence-corrected chi connectivity index (χ0v) is 13.9. The van der Waals surface area contributed by atoms with Crippen LogP contribution in [0, 0.1) is 0 Å². The maximum atomic E-state index is 12.2. The molecule has 0 spiro atoms. The summed E-state index contributed by atoms with van der Waals surface area (Å²) < 4.78 is 10.3. The Bertz CT molecular complexity index is 540. The van der Waals surface area contributed by atoms with Crippen LogP contribution in [0.1, 0.15) is 29.6 Å². The molecule has 1 aromatic rings. The second-order valence-electron chi connectivity index (χ2n) is 5.48. The second-order valence-corrected chi connectivity index (χ2v) is 5.48. The lowest BCUT2D eigenvalue weighted by Crippen LogP contribution is -2.34. The summed E-state index contributed by atoms with van der Waals surface area (Å²) in [4.78, 5) is 18.9. The number of hydrogen-bond acceptors (Lipinski definition) is 5. The third kappa shape index (κ3) is 5.56. The number of piperidine rings is 1. The van der Waals surface area contributed by atoms with Gasteiger partial charge < -0.3 is 14.4 Å². The van der Waals surface area contributed by atoms with E-state index in [1.54, 1.807) is 31.4 Å². The molecule has 1 saturated heterocycles. The number of nitrogens with one attached hydrogen (secondary N) is 1. The van der Waals surface area contributed by atoms with Crippen molar-refractivity contribution in [2.24, 2.45) is 4.99 Å². The number of amides is 1. The fourth-order valence-electron chi connectivity index (χ4n) is 2.56. The van der Waals surface area contributed by atoms with E-state index in [-0.39, 0.29) is 11.9 Å². The Hall–Kier alpha value is -2.08. The summed E-state index contributed by atoms with van der Waals surface area (Å²) in [5.74, 6) is 0.376. The Balaban J connectivity index is 1.86. The Morgan fingerprint density at radius 1 is 1.26 bits per heavy atom. The first-order chi connectivity index (χ1) is 11.2. The number of rotatable bonds is 5. The summed E-state index contributed by atoms with van der Waals surface area (Å²) in [7, 11) is 3.07. The Morgan fingerprint density at radius 2 is 2.04 bits per heavy atom. The molecule has 1 aliphatic rings. The molecule has 1 aliphatic heterocycles. The van der Waals surface area contributed by atoms with Crippen LogP contribution in [0.3, 0.4) is 0 Å². The van der Waals surface area contributed by atoms with Crippen molar-refractivity contribution >= 4 is 11.9 Å². The highest BCUT2D eigenvalue weighted by Crippen LogP contribution is 2.12. The molecule has 6 heteroatoms. The van der Waals surface area contributed by atoms with Gasteiger partial charge in [-0.2, -0.15) is 0 Å². The summed E-state index contributed by atoms with van der Waals surface area (Å²) in [6.07, 6.45) is 3.83. The van der Waals surface area contributed by atoms with Gasteiger partial charge >= 0.3 is 0 Å². The molecule has 1 amide bonds. The van der Waals surface area contributed by atoms with Crippen LogP contribution < -0.4 is 10.1 Å². The van der Waals surface area contributed by atoms with Gasteiger partial charge in [-0.25, -0.2) is 4.99 Å². The highest BCUT2D eigenvalue weighted by molar-refractivity contribution is 6.04. The Kier molecular flexibility index (Phi) is 6.87. The highest BCUT2D eigenvalue weighted by atomic mass is 16.5. The predicted molar refractivity (Wildman–Crippen MR) is 90.1 cm³/mol. The van der Waals surface area contributed by atoms with E-state index in [0.29, 0.717) is 17.9 Å². The van der Waals surface area contributed by atoms with E-state index in [1.165, 1.54) is 26.4 Å². The van der Waals surface area contributed by atoms with Crippen LogP contribution in [-0.2, 0) is 4.74 Å². The minimum Gasteiger partial charge on any atom is -0.497 e. The topological polar surface area (TPSA) is 63.2 Å². The molecule has 0 radical (unpaired) electrons. The second kappa shape index (κ2) is 9.15. The number of methoxy groups -OCH3 is 2. The summed E-state index contributed by atoms with van der Waals surface area (Å²) in [6.45, 7) is 3.77. The highest BCUT2D eigenvalue weighted by Gasteiger charge is 2.11. The number of aliphatic imine (C=N–C) groups is 1. The summed E-state index contributed by atoms with van der Waals surface area (Å²) in [5.41, 5.74) is 0.505. The molecule has 6 nitrogen and oxygen atoms in total. The van der Waals surface area contributed by atoms with Gasteiger partial charge in [0.1, 0.15) is 5.75 Å². The Morgan fingerprint density at radius 3 is 2.74 bits per heavy atom. The van der Waals surface area contributed by atoms with Crippen molar-refractivity contribution in [2.75, 3.05) is 40.4 Å². The van der Waals surface area contributed by atoms with Crippen molar-refractivity contribution in [2.45, 2.75) is 19.3 Å². The molecule has 2 rings (SSSR count). The molecule has 0 aliphatic carbocycles. The zero-order valence-electron chi connectivity index (χ0n) is 13.9. The Labute approximate surface area is 137 Å². The number of hydrogen-bond donors (Lipinski definition) is 1. The number of benzene rings is 1. The number of nitrogens with zero attached hydrogens (tertiary/aromatic N) is 2. The smallest absolute Gasteiger partial charge is 0.291 e. The molecule has 1 N–H and O–H groups in total. The molecule has 0 saturated carbocycles. The molecule has 0 bridgehead atoms. The van der Waals surface area contributed by atoms with Gasteiger partial charge in [0.15, 0.2) is 0 Å². The molecule has 0 aromatic heterocycles. The van der Waals surface area contributed by atoms with Crippen LogP contribution in [-0.4, -0.2) is 57.2 Å². The third-order valence-corrected chi connectivity index (χ3v) is 3.87. The SMILES string of the molecule is COC(=NCCN1CCCCC1)NC(=O)c1cccc(OC)c1. The average molecular weight is 319 g/mol. The van der Waals surface area contributed by atoms with Crippen LogP contribution in [0.15, 0.2) is 29.3 Å². The monoisotopic (exact) mass is 319 g/mol. The van der Waals surface area contributed by atoms with Gasteiger partial charge in [0.25, 0.3) is 11.9 Å². The van der Waals surface area contributed by atoms with E-state index >= 15 is 0 Å². The zero-order chi connectivity index (χ0) is 16.5. The van der Waals surface area contributed by atoms with Crippen molar-refractivity contribution < 1.29 is 14.3 Å². The van der Waals surface area contributed by atoms with Gasteiger partial charge in [0.2, 0.25) is 0 Å². The predicted octanol–water partition coefficient (Wildman–Crippen LogP) is 1.91. The lowest BCUT2D eigenvalue weighted by atomic mass is 10.1. The summed E-state index contributed by atoms with van der Waals surface area (Å²) in [5, 5.41) is 2.69. The van der Waals surface area contributed by atoms with Gasteiger partial charge in [-0.3, -0.25) is 10.1 Å². The van der Waals surface area contributed by atoms with E-state index in [9.17, 15) is 4.79 Å². The van der Waals surface area contributed by atoms with E-state index in [4.69, 9.17) is 9.47 Å². The number of ether oxygens (including phenoxy) is 2. The maximum absolute atomic E-state index is 12.2. The lowest BCUT2D eigenvalue weighted by molar-refractivity contribution is 0.0968. The maximum Gasteiger partial charge on any atom is 0.291 e. The van der Waals surface area contributed by atoms with Crippen molar-refractivity contribution in [3.63, 3.8) is 0 Å². The van der Waals surface area contributed by atoms with E-state index in [2.05, 4.69) is 15.2 Å². The average Bonchev–Trinajstić information content (AvgIpc) is 2.61. The molecular weight excluding hydrogens is 294 g/mol. The quantitative estimate of drug-likeness (QED) is 0.665. The van der Waals surface area contributed by atoms with Crippen molar-refractivity contribution in [1.82, 2.24) is 10.2 Å². The van der Waals surface area contributed by atoms with Crippen LogP contribution >= 0.6 is 0 Å². The molecule has 23 heavy (non-hydrogen) atoms. The number of likely N-dealkylation sites (tertiary alicyclic amines) is 1. The minimum atomic E-state index is -0.262. The van der Waals surface area contributed by atoms with Crippen molar-refractivity contribution in [3.05, 3.63) is 29.8 Å². The fraction of sp³-hybridized carbons (Fsp3) is 0.529. The number of amidine groups is 1. The summed E-state index contributed by atoms with van der Waals surface area (Å²) >= 11 is 0. The third-order valence-electron chi connectivity index (χ3n) is 3.87. The van der Waals surface area contributed by atoms with Gasteiger partial charge in [0, 0.05) is 12.1 Å². The van der Waals surface area contributed by atoms with E-state index < -0.39 is 0 Å². The van der Waals surface area contributed by atoms with Crippen LogP contribution in [0.2, 0.25) is 0 Å². The lowest BCUT2D eigenvalue weighted by Gasteiger charge is -2.25. The van der Waals surface area contributed by atoms with Gasteiger partial charge in [-0.15, -0.1) is 0 Å². The molecule has 0 atom stereocenters. The number of carbonyl (C=O) groups excluding carboxylic acids is 1. The first-order valence-electron chi connectivity index (χ1n) is 7.99. The molecule has 1 aromatic carbocycles. The first kappa shape index (κ1) is 17.3. The molecule has 1 heterocycles. The normalized spacial score (nSPS) is 16.0. The molecule has 1 fully saturated rings. The first-order valence-corrected chi connectivity index (χ1v) is 7.99. The molecular formula is C17H25N3O3. The van der Waals surface area contributed by atoms with Gasteiger partial charge in [-0.05, 0) is 44.1 Å². The molecule has 126 valence electrons. The van der Waals surface area contributed by atoms with E-state index in [0.717, 1.165) is 19.6 Å². The summed E-state index contributed by atoms with van der Waals surface area (Å²) in [6, 6.07) is 7.21. The van der Waals surface area contributed by atoms with Crippen molar-refractivity contribution in [3.8, 4) is 5.75 Å². The van der Waals surface area contributed by atoms with Crippen LogP contribution in [0.4, 0.5) is 0 Å². The fourth-order valence-corrected chi connectivity index (χ4v) is 2.56. The molecule has 0 unspecified atom stereocenters. The van der Waals surface area contributed by atoms with Crippen LogP contribution in [0.25, 0.3) is 0 Å². The largest absolute Gasteiger partial charge is 0.497 e. The van der Waals surface area contributed by atoms with E-state index in [1.807, 2.05) is 0 Å². The van der Waals surface area contributed by atoms with Gasteiger partial charge in [0.05, 0.1) is 20.8 Å². The van der Waals surface area contributed by atoms with Gasteiger partial charge in [-0.1, -0.05) is 12.5 Å².